The Hall–Kier alpha value is -1.09. The lowest BCUT2D eigenvalue weighted by Gasteiger charge is -1.99. The molecule has 0 fully saturated rings. The molecular formula is C11H10BrNO. The van der Waals surface area contributed by atoms with Crippen molar-refractivity contribution in [2.24, 2.45) is 0 Å². The van der Waals surface area contributed by atoms with E-state index in [2.05, 4.69) is 45.4 Å². The van der Waals surface area contributed by atoms with Gasteiger partial charge in [-0.25, -0.2) is 0 Å². The monoisotopic (exact) mass is 251 g/mol. The van der Waals surface area contributed by atoms with Crippen LogP contribution in [0.3, 0.4) is 0 Å². The molecule has 0 saturated carbocycles. The summed E-state index contributed by atoms with van der Waals surface area (Å²) in [6.45, 7) is 0. The van der Waals surface area contributed by atoms with Crippen LogP contribution in [-0.2, 0) is 6.42 Å². The summed E-state index contributed by atoms with van der Waals surface area (Å²) >= 11 is 3.41. The molecule has 0 spiro atoms. The Bertz CT molecular complexity index is 380. The fourth-order valence-corrected chi connectivity index (χ4v) is 1.77. The van der Waals surface area contributed by atoms with E-state index in [1.54, 1.807) is 6.20 Å². The molecule has 1 aromatic carbocycles. The van der Waals surface area contributed by atoms with Gasteiger partial charge in [0.15, 0.2) is 5.76 Å². The lowest BCUT2D eigenvalue weighted by molar-refractivity contribution is 0.432. The minimum Gasteiger partial charge on any atom is -0.356 e. The summed E-state index contributed by atoms with van der Waals surface area (Å²) in [4.78, 5) is 0. The number of alkyl halides is 1. The van der Waals surface area contributed by atoms with Crippen molar-refractivity contribution in [2.45, 2.75) is 6.42 Å². The molecule has 0 aliphatic heterocycles. The molecule has 0 aliphatic rings. The number of nitrogens with zero attached hydrogens (tertiary/aromatic N) is 1. The second kappa shape index (κ2) is 4.42. The van der Waals surface area contributed by atoms with Crippen molar-refractivity contribution in [3.8, 4) is 11.3 Å². The van der Waals surface area contributed by atoms with Gasteiger partial charge in [-0.15, -0.1) is 0 Å². The molecule has 0 unspecified atom stereocenters. The molecule has 0 atom stereocenters. The molecule has 2 rings (SSSR count). The van der Waals surface area contributed by atoms with E-state index in [1.807, 2.05) is 6.07 Å². The summed E-state index contributed by atoms with van der Waals surface area (Å²) in [5, 5.41) is 4.67. The van der Waals surface area contributed by atoms with E-state index in [9.17, 15) is 0 Å². The maximum absolute atomic E-state index is 5.06. The van der Waals surface area contributed by atoms with Gasteiger partial charge in [0.25, 0.3) is 0 Å². The number of benzene rings is 1. The molecule has 0 aliphatic carbocycles. The van der Waals surface area contributed by atoms with Crippen LogP contribution in [-0.4, -0.2) is 10.5 Å². The van der Waals surface area contributed by atoms with Gasteiger partial charge < -0.3 is 4.52 Å². The number of aryl methyl sites for hydroxylation is 1. The van der Waals surface area contributed by atoms with Crippen LogP contribution in [0.2, 0.25) is 0 Å². The van der Waals surface area contributed by atoms with Crippen LogP contribution in [0.5, 0.6) is 0 Å². The molecule has 0 saturated heterocycles. The number of hydrogen-bond acceptors (Lipinski definition) is 2. The summed E-state index contributed by atoms with van der Waals surface area (Å²) in [6.07, 6.45) is 2.71. The van der Waals surface area contributed by atoms with Gasteiger partial charge in [-0.05, 0) is 12.0 Å². The zero-order valence-electron chi connectivity index (χ0n) is 7.61. The first-order chi connectivity index (χ1) is 6.90. The summed E-state index contributed by atoms with van der Waals surface area (Å²) in [7, 11) is 0. The van der Waals surface area contributed by atoms with Crippen molar-refractivity contribution in [1.82, 2.24) is 5.16 Å². The standard InChI is InChI=1S/C11H10BrNO/c12-7-5-9-1-3-10(4-2-9)11-6-8-13-14-11/h1-4,6,8H,5,7H2. The SMILES string of the molecule is BrCCc1ccc(-c2ccno2)cc1. The quantitative estimate of drug-likeness (QED) is 0.783. The Kier molecular flexibility index (Phi) is 2.99. The van der Waals surface area contributed by atoms with E-state index < -0.39 is 0 Å². The molecule has 14 heavy (non-hydrogen) atoms. The lowest BCUT2D eigenvalue weighted by atomic mass is 10.1. The smallest absolute Gasteiger partial charge is 0.166 e. The Morgan fingerprint density at radius 2 is 1.93 bits per heavy atom. The van der Waals surface area contributed by atoms with Crippen molar-refractivity contribution >= 4 is 15.9 Å². The van der Waals surface area contributed by atoms with Gasteiger partial charge in [-0.3, -0.25) is 0 Å². The van der Waals surface area contributed by atoms with Crippen molar-refractivity contribution in [1.29, 1.82) is 0 Å². The third kappa shape index (κ3) is 2.04. The highest BCUT2D eigenvalue weighted by Crippen LogP contribution is 2.19. The third-order valence-corrected chi connectivity index (χ3v) is 2.46. The molecule has 0 N–H and O–H groups in total. The van der Waals surface area contributed by atoms with Crippen molar-refractivity contribution in [3.05, 3.63) is 42.1 Å². The summed E-state index contributed by atoms with van der Waals surface area (Å²) in [5.41, 5.74) is 2.39. The molecule has 0 radical (unpaired) electrons. The van der Waals surface area contributed by atoms with Crippen LogP contribution in [0.1, 0.15) is 5.56 Å². The van der Waals surface area contributed by atoms with Gasteiger partial charge in [-0.1, -0.05) is 45.4 Å². The third-order valence-electron chi connectivity index (χ3n) is 2.06. The van der Waals surface area contributed by atoms with Gasteiger partial charge in [0.05, 0.1) is 6.20 Å². The number of halogens is 1. The molecule has 2 aromatic rings. The van der Waals surface area contributed by atoms with E-state index in [4.69, 9.17) is 4.52 Å². The van der Waals surface area contributed by atoms with Crippen LogP contribution in [0.4, 0.5) is 0 Å². The van der Waals surface area contributed by atoms with E-state index in [1.165, 1.54) is 5.56 Å². The first-order valence-electron chi connectivity index (χ1n) is 4.46. The first-order valence-corrected chi connectivity index (χ1v) is 5.58. The maximum atomic E-state index is 5.06. The predicted molar refractivity (Wildman–Crippen MR) is 59.4 cm³/mol. The Balaban J connectivity index is 2.22. The van der Waals surface area contributed by atoms with Crippen molar-refractivity contribution in [2.75, 3.05) is 5.33 Å². The largest absolute Gasteiger partial charge is 0.356 e. The molecule has 1 aromatic heterocycles. The van der Waals surface area contributed by atoms with Gasteiger partial charge in [0.1, 0.15) is 0 Å². The van der Waals surface area contributed by atoms with E-state index in [0.29, 0.717) is 0 Å². The maximum Gasteiger partial charge on any atom is 0.166 e. The zero-order chi connectivity index (χ0) is 9.80. The normalized spacial score (nSPS) is 10.4. The Morgan fingerprint density at radius 3 is 2.50 bits per heavy atom. The minimum absolute atomic E-state index is 0.815. The Morgan fingerprint density at radius 1 is 1.14 bits per heavy atom. The fourth-order valence-electron chi connectivity index (χ4n) is 1.31. The van der Waals surface area contributed by atoms with Gasteiger partial charge >= 0.3 is 0 Å². The zero-order valence-corrected chi connectivity index (χ0v) is 9.20. The van der Waals surface area contributed by atoms with Gasteiger partial charge in [-0.2, -0.15) is 0 Å². The van der Waals surface area contributed by atoms with Crippen LogP contribution in [0.15, 0.2) is 41.1 Å². The molecule has 0 bridgehead atoms. The minimum atomic E-state index is 0.815. The molecule has 0 amide bonds. The number of hydrogen-bond donors (Lipinski definition) is 0. The van der Waals surface area contributed by atoms with Gasteiger partial charge in [0, 0.05) is 17.0 Å². The van der Waals surface area contributed by atoms with Crippen LogP contribution in [0.25, 0.3) is 11.3 Å². The molecular weight excluding hydrogens is 242 g/mol. The predicted octanol–water partition coefficient (Wildman–Crippen LogP) is 3.28. The highest BCUT2D eigenvalue weighted by Gasteiger charge is 2.00. The Labute approximate surface area is 91.1 Å². The summed E-state index contributed by atoms with van der Waals surface area (Å²) in [6, 6.07) is 10.2. The molecule has 2 nitrogen and oxygen atoms in total. The molecule has 72 valence electrons. The van der Waals surface area contributed by atoms with Crippen LogP contribution in [0, 0.1) is 0 Å². The second-order valence-electron chi connectivity index (χ2n) is 3.01. The van der Waals surface area contributed by atoms with Crippen LogP contribution < -0.4 is 0 Å². The summed E-state index contributed by atoms with van der Waals surface area (Å²) < 4.78 is 5.06. The lowest BCUT2D eigenvalue weighted by Crippen LogP contribution is -1.84. The topological polar surface area (TPSA) is 26.0 Å². The molecule has 1 heterocycles. The first kappa shape index (κ1) is 9.46. The average molecular weight is 252 g/mol. The van der Waals surface area contributed by atoms with Crippen molar-refractivity contribution in [3.63, 3.8) is 0 Å². The average Bonchev–Trinajstić information content (AvgIpc) is 2.72. The number of rotatable bonds is 3. The van der Waals surface area contributed by atoms with Gasteiger partial charge in [0.2, 0.25) is 0 Å². The van der Waals surface area contributed by atoms with Crippen LogP contribution >= 0.6 is 15.9 Å². The fraction of sp³-hybridized carbons (Fsp3) is 0.182. The van der Waals surface area contributed by atoms with Crippen molar-refractivity contribution < 1.29 is 4.52 Å². The highest BCUT2D eigenvalue weighted by molar-refractivity contribution is 9.09. The number of aromatic nitrogens is 1. The van der Waals surface area contributed by atoms with E-state index in [0.717, 1.165) is 23.1 Å². The highest BCUT2D eigenvalue weighted by atomic mass is 79.9. The summed E-state index contributed by atoms with van der Waals surface area (Å²) in [5.74, 6) is 0.815. The van der Waals surface area contributed by atoms with E-state index in [-0.39, 0.29) is 0 Å². The van der Waals surface area contributed by atoms with E-state index >= 15 is 0 Å². The second-order valence-corrected chi connectivity index (χ2v) is 3.81. The molecule has 3 heteroatoms.